The van der Waals surface area contributed by atoms with Crippen molar-refractivity contribution in [2.75, 3.05) is 18.6 Å². The van der Waals surface area contributed by atoms with Crippen LogP contribution in [0.2, 0.25) is 0 Å². The number of likely N-dealkylation sites (N-methyl/N-ethyl adjacent to an activating group) is 1. The molecule has 0 heterocycles. The Morgan fingerprint density at radius 1 is 1.50 bits per heavy atom. The van der Waals surface area contributed by atoms with Crippen LogP contribution in [0.3, 0.4) is 0 Å². The van der Waals surface area contributed by atoms with Crippen molar-refractivity contribution < 1.29 is 4.39 Å². The van der Waals surface area contributed by atoms with Gasteiger partial charge in [-0.25, -0.2) is 4.39 Å². The van der Waals surface area contributed by atoms with Gasteiger partial charge in [0.25, 0.3) is 0 Å². The number of hydrogen-bond donors (Lipinski definition) is 1. The highest BCUT2D eigenvalue weighted by atomic mass is 79.9. The minimum absolute atomic E-state index is 0.126. The molecule has 1 atom stereocenters. The minimum atomic E-state index is -0.126. The second-order valence-electron chi connectivity index (χ2n) is 3.65. The number of benzene rings is 1. The fourth-order valence-corrected chi connectivity index (χ4v) is 2.60. The molecular formula is C12H17BrFNS. The van der Waals surface area contributed by atoms with Crippen LogP contribution >= 0.6 is 27.7 Å². The van der Waals surface area contributed by atoms with Crippen LogP contribution in [-0.2, 0) is 6.42 Å². The van der Waals surface area contributed by atoms with Crippen LogP contribution in [0.1, 0.15) is 12.5 Å². The first kappa shape index (κ1) is 14.0. The number of nitrogens with one attached hydrogen (secondary N) is 1. The number of hydrogen-bond acceptors (Lipinski definition) is 2. The Morgan fingerprint density at radius 3 is 2.81 bits per heavy atom. The van der Waals surface area contributed by atoms with E-state index in [1.807, 2.05) is 12.1 Å². The third-order valence-electron chi connectivity index (χ3n) is 2.34. The third-order valence-corrected chi connectivity index (χ3v) is 3.57. The highest BCUT2D eigenvalue weighted by Crippen LogP contribution is 2.17. The van der Waals surface area contributed by atoms with Crippen LogP contribution in [0.5, 0.6) is 0 Å². The fraction of sp³-hybridized carbons (Fsp3) is 0.500. The molecule has 0 aliphatic rings. The van der Waals surface area contributed by atoms with Gasteiger partial charge in [-0.3, -0.25) is 0 Å². The lowest BCUT2D eigenvalue weighted by atomic mass is 10.1. The highest BCUT2D eigenvalue weighted by Gasteiger charge is 2.11. The summed E-state index contributed by atoms with van der Waals surface area (Å²) in [5.41, 5.74) is 0.781. The monoisotopic (exact) mass is 305 g/mol. The van der Waals surface area contributed by atoms with Crippen LogP contribution < -0.4 is 5.32 Å². The lowest BCUT2D eigenvalue weighted by molar-refractivity contribution is 0.545. The first-order valence-electron chi connectivity index (χ1n) is 5.33. The maximum absolute atomic E-state index is 13.6. The summed E-state index contributed by atoms with van der Waals surface area (Å²) in [6.07, 6.45) is 2.82. The lowest BCUT2D eigenvalue weighted by Crippen LogP contribution is -2.33. The Labute approximate surface area is 109 Å². The average molecular weight is 306 g/mol. The Bertz CT molecular complexity index is 327. The standard InChI is InChI=1S/C12H17BrFNS/c1-3-15-11(8-16-2)6-9-4-5-10(13)7-12(9)14/h4-5,7,11,15H,3,6,8H2,1-2H3. The first-order valence-corrected chi connectivity index (χ1v) is 7.52. The van der Waals surface area contributed by atoms with E-state index in [2.05, 4.69) is 34.4 Å². The van der Waals surface area contributed by atoms with Gasteiger partial charge in [0.2, 0.25) is 0 Å². The molecule has 0 fully saturated rings. The maximum atomic E-state index is 13.6. The zero-order valence-electron chi connectivity index (χ0n) is 9.59. The van der Waals surface area contributed by atoms with E-state index in [-0.39, 0.29) is 5.82 Å². The van der Waals surface area contributed by atoms with Gasteiger partial charge in [-0.1, -0.05) is 28.9 Å². The molecule has 1 aromatic carbocycles. The summed E-state index contributed by atoms with van der Waals surface area (Å²) in [7, 11) is 0. The van der Waals surface area contributed by atoms with Gasteiger partial charge in [0.05, 0.1) is 0 Å². The van der Waals surface area contributed by atoms with Gasteiger partial charge < -0.3 is 5.32 Å². The SMILES string of the molecule is CCNC(CSC)Cc1ccc(Br)cc1F. The lowest BCUT2D eigenvalue weighted by Gasteiger charge is -2.17. The van der Waals surface area contributed by atoms with Gasteiger partial charge in [-0.05, 0) is 36.9 Å². The fourth-order valence-electron chi connectivity index (χ4n) is 1.63. The molecule has 1 aromatic rings. The zero-order valence-corrected chi connectivity index (χ0v) is 12.0. The van der Waals surface area contributed by atoms with Crippen molar-refractivity contribution in [1.29, 1.82) is 0 Å². The largest absolute Gasteiger partial charge is 0.313 e. The molecule has 0 aromatic heterocycles. The maximum Gasteiger partial charge on any atom is 0.127 e. The van der Waals surface area contributed by atoms with Gasteiger partial charge in [-0.15, -0.1) is 0 Å². The Balaban J connectivity index is 2.68. The van der Waals surface area contributed by atoms with Crippen molar-refractivity contribution in [3.8, 4) is 0 Å². The molecule has 0 spiro atoms. The van der Waals surface area contributed by atoms with Crippen LogP contribution in [0.4, 0.5) is 4.39 Å². The molecule has 16 heavy (non-hydrogen) atoms. The summed E-state index contributed by atoms with van der Waals surface area (Å²) in [6, 6.07) is 5.61. The van der Waals surface area contributed by atoms with Crippen molar-refractivity contribution in [2.45, 2.75) is 19.4 Å². The van der Waals surface area contributed by atoms with E-state index in [0.29, 0.717) is 6.04 Å². The van der Waals surface area contributed by atoms with Crippen LogP contribution in [0, 0.1) is 5.82 Å². The first-order chi connectivity index (χ1) is 7.67. The van der Waals surface area contributed by atoms with Gasteiger partial charge in [0, 0.05) is 16.3 Å². The van der Waals surface area contributed by atoms with Crippen LogP contribution in [0.25, 0.3) is 0 Å². The molecule has 0 amide bonds. The highest BCUT2D eigenvalue weighted by molar-refractivity contribution is 9.10. The number of rotatable bonds is 6. The Morgan fingerprint density at radius 2 is 2.25 bits per heavy atom. The summed E-state index contributed by atoms with van der Waals surface area (Å²) >= 11 is 5.05. The molecule has 1 rings (SSSR count). The summed E-state index contributed by atoms with van der Waals surface area (Å²) in [5, 5.41) is 3.37. The molecule has 1 unspecified atom stereocenters. The average Bonchev–Trinajstić information content (AvgIpc) is 2.23. The number of halogens is 2. The molecule has 0 saturated heterocycles. The molecule has 90 valence electrons. The van der Waals surface area contributed by atoms with Crippen molar-refractivity contribution >= 4 is 27.7 Å². The molecule has 0 aliphatic carbocycles. The van der Waals surface area contributed by atoms with Crippen molar-refractivity contribution in [2.24, 2.45) is 0 Å². The van der Waals surface area contributed by atoms with Gasteiger partial charge in [0.1, 0.15) is 5.82 Å². The summed E-state index contributed by atoms with van der Waals surface area (Å²) in [5.74, 6) is 0.877. The molecule has 0 bridgehead atoms. The smallest absolute Gasteiger partial charge is 0.127 e. The molecule has 1 N–H and O–H groups in total. The second kappa shape index (κ2) is 7.30. The normalized spacial score (nSPS) is 12.8. The topological polar surface area (TPSA) is 12.0 Å². The molecule has 0 radical (unpaired) electrons. The zero-order chi connectivity index (χ0) is 12.0. The van der Waals surface area contributed by atoms with E-state index in [1.54, 1.807) is 11.8 Å². The van der Waals surface area contributed by atoms with Gasteiger partial charge in [-0.2, -0.15) is 11.8 Å². The van der Waals surface area contributed by atoms with E-state index < -0.39 is 0 Å². The van der Waals surface area contributed by atoms with Crippen molar-refractivity contribution in [1.82, 2.24) is 5.32 Å². The second-order valence-corrected chi connectivity index (χ2v) is 5.48. The quantitative estimate of drug-likeness (QED) is 0.863. The predicted molar refractivity (Wildman–Crippen MR) is 73.7 cm³/mol. The predicted octanol–water partition coefficient (Wildman–Crippen LogP) is 3.47. The Hall–Kier alpha value is -0.0600. The minimum Gasteiger partial charge on any atom is -0.313 e. The molecular weight excluding hydrogens is 289 g/mol. The van der Waals surface area contributed by atoms with Gasteiger partial charge in [0.15, 0.2) is 0 Å². The van der Waals surface area contributed by atoms with E-state index in [1.165, 1.54) is 6.07 Å². The van der Waals surface area contributed by atoms with Crippen LogP contribution in [0.15, 0.2) is 22.7 Å². The molecule has 0 saturated carbocycles. The molecule has 1 nitrogen and oxygen atoms in total. The van der Waals surface area contributed by atoms with Gasteiger partial charge >= 0.3 is 0 Å². The van der Waals surface area contributed by atoms with E-state index >= 15 is 0 Å². The van der Waals surface area contributed by atoms with E-state index in [0.717, 1.165) is 28.8 Å². The summed E-state index contributed by atoms with van der Waals surface area (Å²) in [4.78, 5) is 0. The van der Waals surface area contributed by atoms with E-state index in [9.17, 15) is 4.39 Å². The van der Waals surface area contributed by atoms with E-state index in [4.69, 9.17) is 0 Å². The number of thioether (sulfide) groups is 1. The Kier molecular flexibility index (Phi) is 6.39. The third kappa shape index (κ3) is 4.44. The van der Waals surface area contributed by atoms with Crippen molar-refractivity contribution in [3.05, 3.63) is 34.1 Å². The van der Waals surface area contributed by atoms with Crippen LogP contribution in [-0.4, -0.2) is 24.6 Å². The van der Waals surface area contributed by atoms with Crippen molar-refractivity contribution in [3.63, 3.8) is 0 Å². The summed E-state index contributed by atoms with van der Waals surface area (Å²) < 4.78 is 14.4. The molecule has 4 heteroatoms. The molecule has 0 aliphatic heterocycles. The summed E-state index contributed by atoms with van der Waals surface area (Å²) in [6.45, 7) is 2.99.